The van der Waals surface area contributed by atoms with Crippen molar-refractivity contribution in [2.24, 2.45) is 11.3 Å². The summed E-state index contributed by atoms with van der Waals surface area (Å²) in [6.07, 6.45) is 1.61. The van der Waals surface area contributed by atoms with Gasteiger partial charge < -0.3 is 19.7 Å². The number of urea groups is 1. The highest BCUT2D eigenvalue weighted by Gasteiger charge is 2.53. The van der Waals surface area contributed by atoms with Gasteiger partial charge in [-0.05, 0) is 37.0 Å². The highest BCUT2D eigenvalue weighted by atomic mass is 16.5. The second-order valence-electron chi connectivity index (χ2n) is 10.8. The summed E-state index contributed by atoms with van der Waals surface area (Å²) in [7, 11) is 0. The van der Waals surface area contributed by atoms with Crippen LogP contribution in [0.25, 0.3) is 0 Å². The van der Waals surface area contributed by atoms with Crippen molar-refractivity contribution in [3.05, 3.63) is 35.9 Å². The average molecular weight is 486 g/mol. The molecule has 9 nitrogen and oxygen atoms in total. The van der Waals surface area contributed by atoms with Crippen molar-refractivity contribution in [3.8, 4) is 0 Å². The predicted octanol–water partition coefficient (Wildman–Crippen LogP) is 2.66. The Balaban J connectivity index is 1.43. The minimum absolute atomic E-state index is 0.135. The Morgan fingerprint density at radius 1 is 1.11 bits per heavy atom. The molecule has 3 fully saturated rings. The van der Waals surface area contributed by atoms with E-state index in [1.165, 1.54) is 0 Å². The molecule has 9 heteroatoms. The molecule has 1 aromatic carbocycles. The van der Waals surface area contributed by atoms with Crippen molar-refractivity contribution in [2.75, 3.05) is 32.8 Å². The topological polar surface area (TPSA) is 105 Å². The molecule has 1 saturated carbocycles. The summed E-state index contributed by atoms with van der Waals surface area (Å²) in [5.41, 5.74) is -0.288. The summed E-state index contributed by atoms with van der Waals surface area (Å²) in [5, 5.41) is 2.85. The molecule has 0 aromatic heterocycles. The molecule has 1 N–H and O–H groups in total. The van der Waals surface area contributed by atoms with Crippen molar-refractivity contribution < 1.29 is 28.7 Å². The van der Waals surface area contributed by atoms with Crippen LogP contribution in [0.15, 0.2) is 30.3 Å². The monoisotopic (exact) mass is 485 g/mol. The summed E-state index contributed by atoms with van der Waals surface area (Å²) < 4.78 is 10.9. The number of carbonyl (C=O) groups excluding carboxylic acids is 4. The highest BCUT2D eigenvalue weighted by molar-refractivity contribution is 6.08. The zero-order valence-corrected chi connectivity index (χ0v) is 20.7. The van der Waals surface area contributed by atoms with Crippen LogP contribution in [0.4, 0.5) is 4.79 Å². The molecular formula is C26H35N3O6. The fourth-order valence-electron chi connectivity index (χ4n) is 5.27. The number of nitrogens with one attached hydrogen (secondary N) is 1. The second kappa shape index (κ2) is 9.97. The van der Waals surface area contributed by atoms with Crippen molar-refractivity contribution in [1.29, 1.82) is 0 Å². The molecule has 4 amide bonds. The number of hydrogen-bond donors (Lipinski definition) is 1. The molecule has 35 heavy (non-hydrogen) atoms. The minimum atomic E-state index is -1.15. The van der Waals surface area contributed by atoms with Crippen molar-refractivity contribution in [3.63, 3.8) is 0 Å². The number of imide groups is 1. The minimum Gasteiger partial charge on any atom is -0.446 e. The lowest BCUT2D eigenvalue weighted by molar-refractivity contribution is -0.164. The molecular weight excluding hydrogens is 450 g/mol. The summed E-state index contributed by atoms with van der Waals surface area (Å²) >= 11 is 0. The molecule has 0 bridgehead atoms. The van der Waals surface area contributed by atoms with Gasteiger partial charge in [-0.2, -0.15) is 0 Å². The molecule has 1 aliphatic carbocycles. The number of benzene rings is 1. The third kappa shape index (κ3) is 5.34. The van der Waals surface area contributed by atoms with Gasteiger partial charge in [0.25, 0.3) is 11.8 Å². The van der Waals surface area contributed by atoms with Gasteiger partial charge in [-0.1, -0.05) is 51.1 Å². The van der Waals surface area contributed by atoms with Gasteiger partial charge in [0.2, 0.25) is 6.10 Å². The first-order valence-electron chi connectivity index (χ1n) is 12.4. The molecule has 0 radical (unpaired) electrons. The van der Waals surface area contributed by atoms with Gasteiger partial charge in [0.1, 0.15) is 12.1 Å². The molecule has 1 unspecified atom stereocenters. The number of nitrogens with zero attached hydrogens (tertiary/aromatic N) is 2. The van der Waals surface area contributed by atoms with Crippen LogP contribution >= 0.6 is 0 Å². The van der Waals surface area contributed by atoms with Crippen LogP contribution in [0.3, 0.4) is 0 Å². The van der Waals surface area contributed by atoms with E-state index in [0.717, 1.165) is 17.7 Å². The lowest BCUT2D eigenvalue weighted by Crippen LogP contribution is -2.51. The molecule has 2 heterocycles. The van der Waals surface area contributed by atoms with E-state index in [2.05, 4.69) is 26.1 Å². The fourth-order valence-corrected chi connectivity index (χ4v) is 5.27. The quantitative estimate of drug-likeness (QED) is 0.508. The number of morpholine rings is 1. The van der Waals surface area contributed by atoms with Crippen LogP contribution in [0.5, 0.6) is 0 Å². The standard InChI is InChI=1S/C26H35N3O6/c1-25(2,3)19-9-11-26(12-10-19)23(32)29(24(33)27-26)17-20(30)35-21(18-7-5-4-6-8-18)22(31)28-13-15-34-16-14-28/h4-8,19,21H,9-17H2,1-3H3,(H,27,33). The molecule has 1 atom stereocenters. The van der Waals surface area contributed by atoms with Gasteiger partial charge in [0, 0.05) is 18.7 Å². The summed E-state index contributed by atoms with van der Waals surface area (Å²) in [6, 6.07) is 8.18. The van der Waals surface area contributed by atoms with Gasteiger partial charge in [0.15, 0.2) is 0 Å². The Labute approximate surface area is 206 Å². The Kier molecular flexibility index (Phi) is 7.17. The summed E-state index contributed by atoms with van der Waals surface area (Å²) in [5.74, 6) is -1.07. The molecule has 2 aliphatic heterocycles. The van der Waals surface area contributed by atoms with Crippen LogP contribution in [-0.4, -0.2) is 72.0 Å². The maximum absolute atomic E-state index is 13.3. The third-order valence-electron chi connectivity index (χ3n) is 7.50. The van der Waals surface area contributed by atoms with Gasteiger partial charge >= 0.3 is 12.0 Å². The predicted molar refractivity (Wildman–Crippen MR) is 127 cm³/mol. The van der Waals surface area contributed by atoms with Crippen LogP contribution in [-0.2, 0) is 23.9 Å². The maximum Gasteiger partial charge on any atom is 0.327 e. The van der Waals surface area contributed by atoms with E-state index < -0.39 is 30.2 Å². The van der Waals surface area contributed by atoms with Crippen molar-refractivity contribution >= 4 is 23.8 Å². The van der Waals surface area contributed by atoms with Gasteiger partial charge in [0.05, 0.1) is 13.2 Å². The van der Waals surface area contributed by atoms with E-state index in [1.807, 2.05) is 6.07 Å². The van der Waals surface area contributed by atoms with Gasteiger partial charge in [-0.15, -0.1) is 0 Å². The highest BCUT2D eigenvalue weighted by Crippen LogP contribution is 2.43. The number of amides is 4. The fraction of sp³-hybridized carbons (Fsp3) is 0.615. The smallest absolute Gasteiger partial charge is 0.327 e. The molecule has 190 valence electrons. The normalized spacial score (nSPS) is 26.0. The van der Waals surface area contributed by atoms with Crippen molar-refractivity contribution in [1.82, 2.24) is 15.1 Å². The Morgan fingerprint density at radius 3 is 2.34 bits per heavy atom. The average Bonchev–Trinajstić information content (AvgIpc) is 3.06. The molecule has 4 rings (SSSR count). The summed E-state index contributed by atoms with van der Waals surface area (Å²) in [6.45, 7) is 7.69. The van der Waals surface area contributed by atoms with Crippen LogP contribution in [0.2, 0.25) is 0 Å². The summed E-state index contributed by atoms with van der Waals surface area (Å²) in [4.78, 5) is 54.6. The van der Waals surface area contributed by atoms with E-state index in [0.29, 0.717) is 50.6 Å². The Bertz CT molecular complexity index is 959. The van der Waals surface area contributed by atoms with E-state index >= 15 is 0 Å². The van der Waals surface area contributed by atoms with E-state index in [4.69, 9.17) is 9.47 Å². The van der Waals surface area contributed by atoms with Gasteiger partial charge in [-0.25, -0.2) is 4.79 Å². The Hall–Kier alpha value is -2.94. The van der Waals surface area contributed by atoms with Crippen LogP contribution in [0.1, 0.15) is 58.1 Å². The third-order valence-corrected chi connectivity index (χ3v) is 7.50. The molecule has 2 saturated heterocycles. The number of ether oxygens (including phenoxy) is 2. The van der Waals surface area contributed by atoms with E-state index in [1.54, 1.807) is 29.2 Å². The van der Waals surface area contributed by atoms with Gasteiger partial charge in [-0.3, -0.25) is 19.3 Å². The maximum atomic E-state index is 13.3. The van der Waals surface area contributed by atoms with E-state index in [-0.39, 0.29) is 17.2 Å². The van der Waals surface area contributed by atoms with E-state index in [9.17, 15) is 19.2 Å². The molecule has 3 aliphatic rings. The number of hydrogen-bond acceptors (Lipinski definition) is 6. The molecule has 1 spiro atoms. The number of carbonyl (C=O) groups is 4. The first-order chi connectivity index (χ1) is 16.6. The van der Waals surface area contributed by atoms with Crippen LogP contribution in [0, 0.1) is 11.3 Å². The zero-order chi connectivity index (χ0) is 25.2. The van der Waals surface area contributed by atoms with Crippen molar-refractivity contribution in [2.45, 2.75) is 58.1 Å². The number of esters is 1. The zero-order valence-electron chi connectivity index (χ0n) is 20.7. The SMILES string of the molecule is CC(C)(C)C1CCC2(CC1)NC(=O)N(CC(=O)OC(C(=O)N1CCOCC1)c1ccccc1)C2=O. The number of rotatable bonds is 5. The largest absolute Gasteiger partial charge is 0.446 e. The van der Waals surface area contributed by atoms with Crippen LogP contribution < -0.4 is 5.32 Å². The Morgan fingerprint density at radius 2 is 1.74 bits per heavy atom. The second-order valence-corrected chi connectivity index (χ2v) is 10.8. The lowest BCUT2D eigenvalue weighted by Gasteiger charge is -2.40. The first-order valence-corrected chi connectivity index (χ1v) is 12.4. The molecule has 1 aromatic rings. The lowest BCUT2D eigenvalue weighted by atomic mass is 9.67. The first kappa shape index (κ1) is 25.2.